The molecule has 156 valence electrons. The Kier molecular flexibility index (Phi) is 8.17. The lowest BCUT2D eigenvalue weighted by molar-refractivity contribution is -0.124. The fraction of sp³-hybridized carbons (Fsp3) is 0.300. The van der Waals surface area contributed by atoms with Gasteiger partial charge in [-0.1, -0.05) is 31.2 Å². The second-order valence-electron chi connectivity index (χ2n) is 6.10. The number of amides is 1. The molecule has 0 unspecified atom stereocenters. The van der Waals surface area contributed by atoms with Crippen molar-refractivity contribution in [1.82, 2.24) is 10.0 Å². The first-order chi connectivity index (χ1) is 13.9. The Bertz CT molecular complexity index is 942. The number of carbonyl (C=O) groups is 2. The van der Waals surface area contributed by atoms with Crippen LogP contribution in [-0.4, -0.2) is 40.6 Å². The van der Waals surface area contributed by atoms with Gasteiger partial charge in [0.15, 0.2) is 6.61 Å². The third-order valence-electron chi connectivity index (χ3n) is 3.92. The molecule has 0 heterocycles. The van der Waals surface area contributed by atoms with Gasteiger partial charge in [-0.3, -0.25) is 4.79 Å². The largest absolute Gasteiger partial charge is 0.495 e. The van der Waals surface area contributed by atoms with Crippen LogP contribution in [0.1, 0.15) is 29.3 Å². The Hall–Kier alpha value is -2.91. The number of para-hydroxylation sites is 1. The Morgan fingerprint density at radius 2 is 1.72 bits per heavy atom. The Morgan fingerprint density at radius 1 is 1.03 bits per heavy atom. The minimum Gasteiger partial charge on any atom is -0.495 e. The van der Waals surface area contributed by atoms with Gasteiger partial charge in [-0.05, 0) is 36.2 Å². The molecule has 9 heteroatoms. The van der Waals surface area contributed by atoms with E-state index in [2.05, 4.69) is 10.0 Å². The van der Waals surface area contributed by atoms with Crippen molar-refractivity contribution in [2.45, 2.75) is 24.8 Å². The van der Waals surface area contributed by atoms with Crippen molar-refractivity contribution < 1.29 is 27.5 Å². The van der Waals surface area contributed by atoms with E-state index in [0.717, 1.165) is 6.42 Å². The molecule has 0 bridgehead atoms. The van der Waals surface area contributed by atoms with Crippen LogP contribution < -0.4 is 14.8 Å². The Morgan fingerprint density at radius 3 is 2.38 bits per heavy atom. The monoisotopic (exact) mass is 420 g/mol. The van der Waals surface area contributed by atoms with Crippen LogP contribution in [-0.2, 0) is 26.1 Å². The summed E-state index contributed by atoms with van der Waals surface area (Å²) in [6.07, 6.45) is 0.794. The summed E-state index contributed by atoms with van der Waals surface area (Å²) >= 11 is 0. The van der Waals surface area contributed by atoms with Gasteiger partial charge in [0.2, 0.25) is 10.0 Å². The molecule has 2 rings (SSSR count). The van der Waals surface area contributed by atoms with Crippen LogP contribution in [0.2, 0.25) is 0 Å². The fourth-order valence-corrected chi connectivity index (χ4v) is 3.57. The summed E-state index contributed by atoms with van der Waals surface area (Å²) in [7, 11) is -2.36. The second-order valence-corrected chi connectivity index (χ2v) is 7.83. The lowest BCUT2D eigenvalue weighted by atomic mass is 10.1. The van der Waals surface area contributed by atoms with E-state index in [-0.39, 0.29) is 35.3 Å². The molecule has 0 fully saturated rings. The predicted octanol–water partition coefficient (Wildman–Crippen LogP) is 1.86. The molecule has 2 N–H and O–H groups in total. The average Bonchev–Trinajstić information content (AvgIpc) is 2.74. The number of methoxy groups -OCH3 is 1. The molecule has 0 aliphatic carbocycles. The first kappa shape index (κ1) is 22.4. The van der Waals surface area contributed by atoms with E-state index in [1.54, 1.807) is 30.3 Å². The van der Waals surface area contributed by atoms with Gasteiger partial charge in [0.1, 0.15) is 10.6 Å². The standard InChI is InChI=1S/C20H24N2O6S/c1-3-12-21-19(23)14-28-20(24)16-10-8-15(9-11-16)13-22-29(25,26)18-7-5-4-6-17(18)27-2/h4-11,22H,3,12-14H2,1-2H3,(H,21,23). The third kappa shape index (κ3) is 6.58. The molecule has 2 aromatic rings. The molecule has 8 nitrogen and oxygen atoms in total. The summed E-state index contributed by atoms with van der Waals surface area (Å²) in [6, 6.07) is 12.6. The maximum absolute atomic E-state index is 12.5. The van der Waals surface area contributed by atoms with Crippen molar-refractivity contribution in [2.75, 3.05) is 20.3 Å². The van der Waals surface area contributed by atoms with E-state index in [1.807, 2.05) is 6.92 Å². The normalized spacial score (nSPS) is 11.0. The van der Waals surface area contributed by atoms with Crippen LogP contribution in [0.15, 0.2) is 53.4 Å². The zero-order valence-corrected chi connectivity index (χ0v) is 17.1. The summed E-state index contributed by atoms with van der Waals surface area (Å²) in [5.74, 6) is -0.735. The van der Waals surface area contributed by atoms with E-state index in [1.165, 1.54) is 25.3 Å². The highest BCUT2D eigenvalue weighted by atomic mass is 32.2. The van der Waals surface area contributed by atoms with E-state index in [4.69, 9.17) is 9.47 Å². The molecule has 0 saturated carbocycles. The lowest BCUT2D eigenvalue weighted by Gasteiger charge is -2.11. The molecule has 0 spiro atoms. The van der Waals surface area contributed by atoms with Gasteiger partial charge in [-0.25, -0.2) is 17.9 Å². The molecular formula is C20H24N2O6S. The Labute approximate surface area is 170 Å². The van der Waals surface area contributed by atoms with Crippen molar-refractivity contribution in [3.8, 4) is 5.75 Å². The van der Waals surface area contributed by atoms with Crippen LogP contribution in [0.25, 0.3) is 0 Å². The van der Waals surface area contributed by atoms with Crippen LogP contribution in [0.3, 0.4) is 0 Å². The molecule has 2 aromatic carbocycles. The van der Waals surface area contributed by atoms with Crippen molar-refractivity contribution in [3.05, 3.63) is 59.7 Å². The molecule has 29 heavy (non-hydrogen) atoms. The molecule has 0 aliphatic heterocycles. The van der Waals surface area contributed by atoms with Gasteiger partial charge >= 0.3 is 5.97 Å². The molecule has 0 radical (unpaired) electrons. The minimum absolute atomic E-state index is 0.0368. The van der Waals surface area contributed by atoms with Gasteiger partial charge in [0.25, 0.3) is 5.91 Å². The summed E-state index contributed by atoms with van der Waals surface area (Å²) < 4.78 is 37.5. The van der Waals surface area contributed by atoms with Gasteiger partial charge in [0, 0.05) is 13.1 Å². The highest BCUT2D eigenvalue weighted by Gasteiger charge is 2.18. The minimum atomic E-state index is -3.76. The van der Waals surface area contributed by atoms with Crippen molar-refractivity contribution in [3.63, 3.8) is 0 Å². The van der Waals surface area contributed by atoms with E-state index >= 15 is 0 Å². The fourth-order valence-electron chi connectivity index (χ4n) is 2.39. The predicted molar refractivity (Wildman–Crippen MR) is 107 cm³/mol. The maximum Gasteiger partial charge on any atom is 0.338 e. The Balaban J connectivity index is 1.93. The summed E-state index contributed by atoms with van der Waals surface area (Å²) in [5, 5.41) is 2.61. The molecule has 0 atom stereocenters. The zero-order chi connectivity index (χ0) is 21.3. The average molecular weight is 420 g/mol. The third-order valence-corrected chi connectivity index (χ3v) is 5.36. The lowest BCUT2D eigenvalue weighted by Crippen LogP contribution is -2.29. The van der Waals surface area contributed by atoms with Crippen LogP contribution in [0.4, 0.5) is 0 Å². The second kappa shape index (κ2) is 10.6. The molecule has 0 aliphatic rings. The van der Waals surface area contributed by atoms with Gasteiger partial charge in [-0.15, -0.1) is 0 Å². The highest BCUT2D eigenvalue weighted by Crippen LogP contribution is 2.22. The smallest absolute Gasteiger partial charge is 0.338 e. The number of nitrogens with one attached hydrogen (secondary N) is 2. The van der Waals surface area contributed by atoms with E-state index < -0.39 is 16.0 Å². The maximum atomic E-state index is 12.5. The molecule has 0 saturated heterocycles. The number of rotatable bonds is 10. The van der Waals surface area contributed by atoms with Crippen LogP contribution in [0.5, 0.6) is 5.75 Å². The van der Waals surface area contributed by atoms with Crippen molar-refractivity contribution in [2.24, 2.45) is 0 Å². The van der Waals surface area contributed by atoms with Gasteiger partial charge < -0.3 is 14.8 Å². The topological polar surface area (TPSA) is 111 Å². The number of hydrogen-bond donors (Lipinski definition) is 2. The molecular weight excluding hydrogens is 396 g/mol. The quantitative estimate of drug-likeness (QED) is 0.568. The summed E-state index contributed by atoms with van der Waals surface area (Å²) in [5.41, 5.74) is 0.922. The number of ether oxygens (including phenoxy) is 2. The number of hydrogen-bond acceptors (Lipinski definition) is 6. The van der Waals surface area contributed by atoms with Crippen LogP contribution >= 0.6 is 0 Å². The van der Waals surface area contributed by atoms with Crippen molar-refractivity contribution >= 4 is 21.9 Å². The van der Waals surface area contributed by atoms with Gasteiger partial charge in [-0.2, -0.15) is 0 Å². The van der Waals surface area contributed by atoms with E-state index in [0.29, 0.717) is 12.1 Å². The summed E-state index contributed by atoms with van der Waals surface area (Å²) in [4.78, 5) is 23.5. The SMILES string of the molecule is CCCNC(=O)COC(=O)c1ccc(CNS(=O)(=O)c2ccccc2OC)cc1. The first-order valence-corrected chi connectivity index (χ1v) is 10.5. The van der Waals surface area contributed by atoms with Crippen molar-refractivity contribution in [1.29, 1.82) is 0 Å². The number of carbonyl (C=O) groups excluding carboxylic acids is 2. The number of esters is 1. The van der Waals surface area contributed by atoms with Crippen LogP contribution in [0, 0.1) is 0 Å². The van der Waals surface area contributed by atoms with E-state index in [9.17, 15) is 18.0 Å². The first-order valence-electron chi connectivity index (χ1n) is 9.03. The summed E-state index contributed by atoms with van der Waals surface area (Å²) in [6.45, 7) is 2.13. The highest BCUT2D eigenvalue weighted by molar-refractivity contribution is 7.89. The van der Waals surface area contributed by atoms with Gasteiger partial charge in [0.05, 0.1) is 12.7 Å². The number of benzene rings is 2. The molecule has 0 aromatic heterocycles. The zero-order valence-electron chi connectivity index (χ0n) is 16.3. The molecule has 1 amide bonds. The number of sulfonamides is 1.